The van der Waals surface area contributed by atoms with Gasteiger partial charge in [-0.1, -0.05) is 19.9 Å². The first-order valence-electron chi connectivity index (χ1n) is 12.2. The molecule has 0 aliphatic carbocycles. The highest BCUT2D eigenvalue weighted by Crippen LogP contribution is 2.33. The van der Waals surface area contributed by atoms with Crippen molar-refractivity contribution in [2.75, 3.05) is 29.9 Å². The number of hydrogen-bond donors (Lipinski definition) is 2. The van der Waals surface area contributed by atoms with Crippen LogP contribution in [0.3, 0.4) is 0 Å². The van der Waals surface area contributed by atoms with Crippen LogP contribution in [-0.2, 0) is 0 Å². The number of amides is 2. The Hall–Kier alpha value is -4.48. The molecule has 0 spiro atoms. The highest BCUT2D eigenvalue weighted by molar-refractivity contribution is 6.04. The summed E-state index contributed by atoms with van der Waals surface area (Å²) in [6.45, 7) is 8.45. The summed E-state index contributed by atoms with van der Waals surface area (Å²) < 4.78 is 22.0. The monoisotopic (exact) mass is 521 g/mol. The Labute approximate surface area is 217 Å². The average molecular weight is 522 g/mol. The Balaban J connectivity index is 1.40. The highest BCUT2D eigenvalue weighted by Gasteiger charge is 2.44. The van der Waals surface area contributed by atoms with E-state index >= 15 is 0 Å². The number of anilines is 2. The Bertz CT molecular complexity index is 1530. The van der Waals surface area contributed by atoms with Gasteiger partial charge >= 0.3 is 6.09 Å². The van der Waals surface area contributed by atoms with Crippen molar-refractivity contribution < 1.29 is 23.6 Å². The molecule has 11 nitrogen and oxygen atoms in total. The molecular formula is C26H28FN7O4. The lowest BCUT2D eigenvalue weighted by atomic mass is 9.84. The molecule has 38 heavy (non-hydrogen) atoms. The van der Waals surface area contributed by atoms with Crippen molar-refractivity contribution >= 4 is 29.3 Å². The number of imidazole rings is 1. The van der Waals surface area contributed by atoms with Gasteiger partial charge in [0.25, 0.3) is 17.7 Å². The highest BCUT2D eigenvalue weighted by atomic mass is 19.1. The molecule has 1 unspecified atom stereocenters. The molecule has 0 radical (unpaired) electrons. The molecule has 0 saturated carbocycles. The molecule has 1 fully saturated rings. The van der Waals surface area contributed by atoms with Crippen molar-refractivity contribution in [2.45, 2.75) is 33.2 Å². The van der Waals surface area contributed by atoms with E-state index in [2.05, 4.69) is 20.4 Å². The number of hydrogen-bond acceptors (Lipinski definition) is 7. The predicted molar refractivity (Wildman–Crippen MR) is 138 cm³/mol. The van der Waals surface area contributed by atoms with Gasteiger partial charge in [0.05, 0.1) is 11.7 Å². The summed E-state index contributed by atoms with van der Waals surface area (Å²) in [5.41, 5.74) is 1.09. The van der Waals surface area contributed by atoms with Crippen LogP contribution in [0.15, 0.2) is 47.2 Å². The summed E-state index contributed by atoms with van der Waals surface area (Å²) in [7, 11) is 0. The van der Waals surface area contributed by atoms with E-state index in [-0.39, 0.29) is 35.6 Å². The molecule has 4 heterocycles. The van der Waals surface area contributed by atoms with Gasteiger partial charge in [0.15, 0.2) is 0 Å². The van der Waals surface area contributed by atoms with Gasteiger partial charge in [0, 0.05) is 42.6 Å². The van der Waals surface area contributed by atoms with Gasteiger partial charge in [-0.15, -0.1) is 0 Å². The zero-order valence-electron chi connectivity index (χ0n) is 21.5. The zero-order valence-corrected chi connectivity index (χ0v) is 21.5. The second kappa shape index (κ2) is 9.43. The first kappa shape index (κ1) is 25.2. The van der Waals surface area contributed by atoms with Crippen LogP contribution in [-0.4, -0.2) is 66.7 Å². The molecule has 1 saturated heterocycles. The van der Waals surface area contributed by atoms with Gasteiger partial charge < -0.3 is 19.8 Å². The average Bonchev–Trinajstić information content (AvgIpc) is 3.54. The molecule has 2 amide bonds. The minimum Gasteiger partial charge on any atom is -0.465 e. The lowest BCUT2D eigenvalue weighted by molar-refractivity contribution is 0.0476. The fourth-order valence-corrected chi connectivity index (χ4v) is 4.69. The van der Waals surface area contributed by atoms with Gasteiger partial charge in [0.1, 0.15) is 17.2 Å². The molecule has 3 aromatic heterocycles. The summed E-state index contributed by atoms with van der Waals surface area (Å²) >= 11 is 0. The number of halogens is 1. The van der Waals surface area contributed by atoms with E-state index in [1.165, 1.54) is 17.2 Å². The van der Waals surface area contributed by atoms with Crippen molar-refractivity contribution in [3.63, 3.8) is 0 Å². The predicted octanol–water partition coefficient (Wildman–Crippen LogP) is 4.30. The Morgan fingerprint density at radius 3 is 2.76 bits per heavy atom. The second-order valence-corrected chi connectivity index (χ2v) is 9.92. The van der Waals surface area contributed by atoms with Gasteiger partial charge in [-0.25, -0.2) is 14.2 Å². The van der Waals surface area contributed by atoms with E-state index in [1.54, 1.807) is 35.7 Å². The summed E-state index contributed by atoms with van der Waals surface area (Å²) in [6.07, 6.45) is 2.21. The second-order valence-electron chi connectivity index (χ2n) is 9.92. The van der Waals surface area contributed by atoms with Crippen LogP contribution in [0.2, 0.25) is 0 Å². The van der Waals surface area contributed by atoms with Crippen LogP contribution in [0, 0.1) is 18.7 Å². The quantitative estimate of drug-likeness (QED) is 0.398. The molecule has 0 bridgehead atoms. The molecule has 2 N–H and O–H groups in total. The molecule has 4 aromatic rings. The number of rotatable bonds is 5. The number of carbonyl (C=O) groups excluding carboxylic acids is 1. The number of benzene rings is 1. The van der Waals surface area contributed by atoms with Crippen molar-refractivity contribution in [3.8, 4) is 11.5 Å². The number of fused-ring (bicyclic) bond motifs is 1. The normalized spacial score (nSPS) is 17.8. The summed E-state index contributed by atoms with van der Waals surface area (Å²) in [6, 6.07) is 8.24. The molecule has 5 rings (SSSR count). The minimum atomic E-state index is -0.969. The minimum absolute atomic E-state index is 0.0399. The lowest BCUT2D eigenvalue weighted by Gasteiger charge is -2.49. The molecular weight excluding hydrogens is 493 g/mol. The number of nitrogens with zero attached hydrogens (tertiary/aromatic N) is 6. The van der Waals surface area contributed by atoms with Crippen LogP contribution >= 0.6 is 0 Å². The Morgan fingerprint density at radius 1 is 1.24 bits per heavy atom. The maximum absolute atomic E-state index is 14.9. The van der Waals surface area contributed by atoms with Gasteiger partial charge in [-0.2, -0.15) is 4.98 Å². The number of piperazine rings is 1. The van der Waals surface area contributed by atoms with Crippen molar-refractivity contribution in [2.24, 2.45) is 5.92 Å². The molecule has 1 atom stereocenters. The van der Waals surface area contributed by atoms with Gasteiger partial charge in [-0.3, -0.25) is 14.1 Å². The molecule has 1 aliphatic rings. The SMILES string of the molecule is Cc1c(F)cc(-c2nc(N3CCN(C(=O)O)C(C)(C(C)C)C3)no2)cc1NC(=O)c1cnc2ccccn12. The van der Waals surface area contributed by atoms with E-state index in [0.717, 1.165) is 0 Å². The van der Waals surface area contributed by atoms with E-state index in [4.69, 9.17) is 4.52 Å². The van der Waals surface area contributed by atoms with E-state index in [1.807, 2.05) is 31.7 Å². The van der Waals surface area contributed by atoms with Crippen LogP contribution in [0.5, 0.6) is 0 Å². The van der Waals surface area contributed by atoms with E-state index in [0.29, 0.717) is 30.0 Å². The molecule has 1 aromatic carbocycles. The standard InChI is InChI=1S/C26H28FN7O4/c1-15(2)26(4)14-32(9-10-34(26)25(36)37)24-30-23(38-31-24)17-11-18(27)16(3)19(12-17)29-22(35)20-13-28-21-7-5-6-8-33(20)21/h5-8,11-13,15H,9-10,14H2,1-4H3,(H,29,35)(H,36,37). The Kier molecular flexibility index (Phi) is 6.25. The van der Waals surface area contributed by atoms with Crippen LogP contribution in [0.1, 0.15) is 36.8 Å². The van der Waals surface area contributed by atoms with Crippen LogP contribution < -0.4 is 10.2 Å². The van der Waals surface area contributed by atoms with E-state index < -0.39 is 23.4 Å². The number of aromatic nitrogens is 4. The molecule has 1 aliphatic heterocycles. The topological polar surface area (TPSA) is 129 Å². The largest absolute Gasteiger partial charge is 0.465 e. The zero-order chi connectivity index (χ0) is 27.2. The third-order valence-electron chi connectivity index (χ3n) is 7.38. The number of carboxylic acid groups (broad SMARTS) is 1. The smallest absolute Gasteiger partial charge is 0.407 e. The molecule has 12 heteroatoms. The third kappa shape index (κ3) is 4.31. The number of carbonyl (C=O) groups is 2. The summed E-state index contributed by atoms with van der Waals surface area (Å²) in [5.74, 6) is -0.583. The van der Waals surface area contributed by atoms with Crippen molar-refractivity contribution in [3.05, 3.63) is 59.8 Å². The first-order chi connectivity index (χ1) is 18.1. The van der Waals surface area contributed by atoms with Crippen molar-refractivity contribution in [1.82, 2.24) is 24.4 Å². The fraction of sp³-hybridized carbons (Fsp3) is 0.346. The molecule has 198 valence electrons. The maximum atomic E-state index is 14.9. The van der Waals surface area contributed by atoms with Gasteiger partial charge in [-0.05, 0) is 49.2 Å². The number of pyridine rings is 1. The fourth-order valence-electron chi connectivity index (χ4n) is 4.69. The van der Waals surface area contributed by atoms with Gasteiger partial charge in [0.2, 0.25) is 0 Å². The lowest BCUT2D eigenvalue weighted by Crippen LogP contribution is -2.65. The Morgan fingerprint density at radius 2 is 2.03 bits per heavy atom. The van der Waals surface area contributed by atoms with Crippen molar-refractivity contribution in [1.29, 1.82) is 0 Å². The maximum Gasteiger partial charge on any atom is 0.407 e. The number of nitrogens with one attached hydrogen (secondary N) is 1. The van der Waals surface area contributed by atoms with Crippen LogP contribution in [0.4, 0.5) is 20.8 Å². The third-order valence-corrected chi connectivity index (χ3v) is 7.38. The summed E-state index contributed by atoms with van der Waals surface area (Å²) in [5, 5.41) is 16.5. The van der Waals surface area contributed by atoms with E-state index in [9.17, 15) is 19.1 Å². The first-order valence-corrected chi connectivity index (χ1v) is 12.2. The summed E-state index contributed by atoms with van der Waals surface area (Å²) in [4.78, 5) is 36.8. The van der Waals surface area contributed by atoms with Crippen LogP contribution in [0.25, 0.3) is 17.1 Å².